The Labute approximate surface area is 129 Å². The van der Waals surface area contributed by atoms with Crippen molar-refractivity contribution in [3.8, 4) is 0 Å². The zero-order valence-electron chi connectivity index (χ0n) is 13.2. The van der Waals surface area contributed by atoms with E-state index < -0.39 is 0 Å². The van der Waals surface area contributed by atoms with Gasteiger partial charge in [0.1, 0.15) is 0 Å². The van der Waals surface area contributed by atoms with Crippen molar-refractivity contribution >= 4 is 0 Å². The molecule has 116 valence electrons. The maximum atomic E-state index is 3.88. The minimum Gasteiger partial charge on any atom is -0.317 e. The molecular formula is C18H29N3. The van der Waals surface area contributed by atoms with Crippen molar-refractivity contribution in [2.45, 2.75) is 44.8 Å². The lowest BCUT2D eigenvalue weighted by molar-refractivity contribution is 0.273. The fourth-order valence-electron chi connectivity index (χ4n) is 3.75. The van der Waals surface area contributed by atoms with Gasteiger partial charge in [-0.25, -0.2) is 0 Å². The molecule has 2 aliphatic rings. The minimum absolute atomic E-state index is 0.647. The van der Waals surface area contributed by atoms with Gasteiger partial charge in [0.2, 0.25) is 0 Å². The second-order valence-electron chi connectivity index (χ2n) is 6.75. The van der Waals surface area contributed by atoms with E-state index in [0.717, 1.165) is 18.5 Å². The summed E-state index contributed by atoms with van der Waals surface area (Å²) < 4.78 is 0. The maximum absolute atomic E-state index is 3.88. The van der Waals surface area contributed by atoms with Crippen LogP contribution < -0.4 is 10.6 Å². The van der Waals surface area contributed by atoms with Gasteiger partial charge in [-0.3, -0.25) is 4.90 Å². The van der Waals surface area contributed by atoms with E-state index in [4.69, 9.17) is 0 Å². The lowest BCUT2D eigenvalue weighted by Gasteiger charge is -2.30. The van der Waals surface area contributed by atoms with Gasteiger partial charge in [0.25, 0.3) is 0 Å². The predicted molar refractivity (Wildman–Crippen MR) is 88.3 cm³/mol. The van der Waals surface area contributed by atoms with Crippen molar-refractivity contribution in [1.29, 1.82) is 0 Å². The van der Waals surface area contributed by atoms with E-state index in [1.165, 1.54) is 51.0 Å². The molecular weight excluding hydrogens is 258 g/mol. The third kappa shape index (κ3) is 4.29. The first-order valence-corrected chi connectivity index (χ1v) is 8.54. The predicted octanol–water partition coefficient (Wildman–Crippen LogP) is 2.24. The van der Waals surface area contributed by atoms with E-state index in [-0.39, 0.29) is 0 Å². The van der Waals surface area contributed by atoms with Crippen LogP contribution in [0, 0.1) is 5.92 Å². The number of likely N-dealkylation sites (tertiary alicyclic amines) is 1. The van der Waals surface area contributed by atoms with Crippen molar-refractivity contribution in [2.75, 3.05) is 26.2 Å². The smallest absolute Gasteiger partial charge is 0.0233 e. The second-order valence-corrected chi connectivity index (χ2v) is 6.75. The van der Waals surface area contributed by atoms with Gasteiger partial charge in [-0.15, -0.1) is 0 Å². The van der Waals surface area contributed by atoms with Crippen LogP contribution in [0.1, 0.15) is 31.7 Å². The third-order valence-corrected chi connectivity index (χ3v) is 5.10. The van der Waals surface area contributed by atoms with Crippen LogP contribution in [-0.4, -0.2) is 43.2 Å². The minimum atomic E-state index is 0.647. The normalized spacial score (nSPS) is 26.0. The molecule has 0 aliphatic carbocycles. The van der Waals surface area contributed by atoms with Gasteiger partial charge in [0.15, 0.2) is 0 Å². The molecule has 0 radical (unpaired) electrons. The molecule has 2 heterocycles. The molecule has 2 fully saturated rings. The highest BCUT2D eigenvalue weighted by Crippen LogP contribution is 2.22. The Hall–Kier alpha value is -0.900. The first-order valence-electron chi connectivity index (χ1n) is 8.54. The Bertz CT molecular complexity index is 414. The Morgan fingerprint density at radius 1 is 1.19 bits per heavy atom. The number of hydrogen-bond donors (Lipinski definition) is 2. The third-order valence-electron chi connectivity index (χ3n) is 5.10. The molecule has 0 spiro atoms. The topological polar surface area (TPSA) is 27.3 Å². The average molecular weight is 287 g/mol. The monoisotopic (exact) mass is 287 g/mol. The van der Waals surface area contributed by atoms with Gasteiger partial charge in [-0.05, 0) is 57.3 Å². The van der Waals surface area contributed by atoms with Gasteiger partial charge in [0.05, 0.1) is 0 Å². The van der Waals surface area contributed by atoms with Crippen LogP contribution in [0.4, 0.5) is 0 Å². The lowest BCUT2D eigenvalue weighted by Crippen LogP contribution is -2.46. The van der Waals surface area contributed by atoms with Crippen molar-refractivity contribution < 1.29 is 0 Å². The summed E-state index contributed by atoms with van der Waals surface area (Å²) in [7, 11) is 0. The number of nitrogens with one attached hydrogen (secondary N) is 2. The highest BCUT2D eigenvalue weighted by Gasteiger charge is 2.28. The van der Waals surface area contributed by atoms with E-state index in [1.54, 1.807) is 0 Å². The Morgan fingerprint density at radius 3 is 2.71 bits per heavy atom. The van der Waals surface area contributed by atoms with Crippen LogP contribution >= 0.6 is 0 Å². The molecule has 2 aliphatic heterocycles. The Balaban J connectivity index is 1.45. The summed E-state index contributed by atoms with van der Waals surface area (Å²) in [6.45, 7) is 8.34. The molecule has 0 amide bonds. The largest absolute Gasteiger partial charge is 0.317 e. The second kappa shape index (κ2) is 7.39. The number of hydrogen-bond acceptors (Lipinski definition) is 3. The summed E-state index contributed by atoms with van der Waals surface area (Å²) in [6, 6.07) is 12.2. The first kappa shape index (κ1) is 15.0. The number of benzene rings is 1. The number of rotatable bonds is 5. The molecule has 3 heteroatoms. The standard InChI is InChI=1S/C18H29N3/c1-15(20-18-7-10-19-11-8-18)17-9-12-21(14-17)13-16-5-3-2-4-6-16/h2-6,15,17-20H,7-14H2,1H3. The molecule has 1 aromatic rings. The summed E-state index contributed by atoms with van der Waals surface area (Å²) in [5.41, 5.74) is 1.44. The molecule has 0 saturated carbocycles. The number of nitrogens with zero attached hydrogens (tertiary/aromatic N) is 1. The zero-order valence-corrected chi connectivity index (χ0v) is 13.2. The molecule has 2 atom stereocenters. The van der Waals surface area contributed by atoms with Crippen molar-refractivity contribution in [1.82, 2.24) is 15.5 Å². The van der Waals surface area contributed by atoms with Gasteiger partial charge in [0, 0.05) is 25.2 Å². The molecule has 2 unspecified atom stereocenters. The zero-order chi connectivity index (χ0) is 14.5. The van der Waals surface area contributed by atoms with Crippen LogP contribution in [0.5, 0.6) is 0 Å². The molecule has 1 aromatic carbocycles. The molecule has 2 saturated heterocycles. The van der Waals surface area contributed by atoms with E-state index >= 15 is 0 Å². The maximum Gasteiger partial charge on any atom is 0.0233 e. The molecule has 3 nitrogen and oxygen atoms in total. The van der Waals surface area contributed by atoms with Gasteiger partial charge >= 0.3 is 0 Å². The highest BCUT2D eigenvalue weighted by molar-refractivity contribution is 5.14. The van der Waals surface area contributed by atoms with Crippen molar-refractivity contribution in [3.63, 3.8) is 0 Å². The molecule has 0 aromatic heterocycles. The fourth-order valence-corrected chi connectivity index (χ4v) is 3.75. The summed E-state index contributed by atoms with van der Waals surface area (Å²) in [4.78, 5) is 2.61. The van der Waals surface area contributed by atoms with Crippen molar-refractivity contribution in [2.24, 2.45) is 5.92 Å². The highest BCUT2D eigenvalue weighted by atomic mass is 15.2. The molecule has 3 rings (SSSR count). The average Bonchev–Trinajstić information content (AvgIpc) is 2.98. The van der Waals surface area contributed by atoms with Gasteiger partial charge < -0.3 is 10.6 Å². The van der Waals surface area contributed by atoms with Crippen LogP contribution in [0.15, 0.2) is 30.3 Å². The SMILES string of the molecule is CC(NC1CCNCC1)C1CCN(Cc2ccccc2)C1. The van der Waals surface area contributed by atoms with Crippen LogP contribution in [0.25, 0.3) is 0 Å². The summed E-state index contributed by atoms with van der Waals surface area (Å²) >= 11 is 0. The summed E-state index contributed by atoms with van der Waals surface area (Å²) in [6.07, 6.45) is 3.90. The summed E-state index contributed by atoms with van der Waals surface area (Å²) in [5.74, 6) is 0.809. The van der Waals surface area contributed by atoms with Crippen molar-refractivity contribution in [3.05, 3.63) is 35.9 Å². The van der Waals surface area contributed by atoms with E-state index in [2.05, 4.69) is 52.8 Å². The van der Waals surface area contributed by atoms with Gasteiger partial charge in [-0.2, -0.15) is 0 Å². The van der Waals surface area contributed by atoms with Gasteiger partial charge in [-0.1, -0.05) is 30.3 Å². The van der Waals surface area contributed by atoms with Crippen LogP contribution in [0.2, 0.25) is 0 Å². The van der Waals surface area contributed by atoms with E-state index in [1.807, 2.05) is 0 Å². The number of piperidine rings is 1. The molecule has 0 bridgehead atoms. The molecule has 21 heavy (non-hydrogen) atoms. The Kier molecular flexibility index (Phi) is 5.28. The van der Waals surface area contributed by atoms with Crippen LogP contribution in [0.3, 0.4) is 0 Å². The van der Waals surface area contributed by atoms with E-state index in [9.17, 15) is 0 Å². The first-order chi connectivity index (χ1) is 10.3. The Morgan fingerprint density at radius 2 is 1.95 bits per heavy atom. The fraction of sp³-hybridized carbons (Fsp3) is 0.667. The quantitative estimate of drug-likeness (QED) is 0.870. The van der Waals surface area contributed by atoms with Crippen LogP contribution in [-0.2, 0) is 6.54 Å². The van der Waals surface area contributed by atoms with E-state index in [0.29, 0.717) is 6.04 Å². The lowest BCUT2D eigenvalue weighted by atomic mass is 9.97. The summed E-state index contributed by atoms with van der Waals surface area (Å²) in [5, 5.41) is 7.32. The molecule has 2 N–H and O–H groups in total.